The smallest absolute Gasteiger partial charge is 0.303 e. The van der Waals surface area contributed by atoms with E-state index in [1.54, 1.807) is 0 Å². The predicted octanol–water partition coefficient (Wildman–Crippen LogP) is 0.892. The Balaban J connectivity index is 3.32. The van der Waals surface area contributed by atoms with Crippen molar-refractivity contribution in [3.8, 4) is 0 Å². The van der Waals surface area contributed by atoms with E-state index in [0.717, 1.165) is 33.8 Å². The van der Waals surface area contributed by atoms with Crippen LogP contribution in [0.2, 0.25) is 0 Å². The van der Waals surface area contributed by atoms with Gasteiger partial charge in [-0.3, -0.25) is 34.1 Å². The number of carbonyl (C=O) groups excluding carboxylic acids is 5. The number of hydrogen-bond acceptors (Lipinski definition) is 11. The van der Waals surface area contributed by atoms with Crippen molar-refractivity contribution in [3.05, 3.63) is 34.4 Å². The van der Waals surface area contributed by atoms with E-state index in [1.807, 2.05) is 0 Å². The summed E-state index contributed by atoms with van der Waals surface area (Å²) in [5.41, 5.74) is -0.344. The van der Waals surface area contributed by atoms with Crippen molar-refractivity contribution in [1.29, 1.82) is 0 Å². The molecule has 0 saturated carbocycles. The Morgan fingerprint density at radius 1 is 0.938 bits per heavy atom. The highest BCUT2D eigenvalue weighted by Gasteiger charge is 2.42. The molecule has 1 aromatic rings. The summed E-state index contributed by atoms with van der Waals surface area (Å²) in [6.07, 6.45) is -5.09. The van der Waals surface area contributed by atoms with Crippen LogP contribution in [-0.2, 0) is 42.9 Å². The second kappa shape index (κ2) is 12.0. The van der Waals surface area contributed by atoms with E-state index in [9.17, 15) is 34.1 Å². The van der Waals surface area contributed by atoms with Gasteiger partial charge in [0.1, 0.15) is 6.61 Å². The Morgan fingerprint density at radius 2 is 1.53 bits per heavy atom. The molecule has 0 bridgehead atoms. The first kappa shape index (κ1) is 26.0. The van der Waals surface area contributed by atoms with Crippen LogP contribution in [0.4, 0.5) is 11.4 Å². The molecular weight excluding hydrogens is 432 g/mol. The normalized spacial score (nSPS) is 13.0. The number of benzene rings is 1. The molecule has 0 aliphatic heterocycles. The Labute approximate surface area is 182 Å². The van der Waals surface area contributed by atoms with Crippen LogP contribution < -0.4 is 5.32 Å². The second-order valence-corrected chi connectivity index (χ2v) is 6.35. The van der Waals surface area contributed by atoms with Crippen LogP contribution in [0.25, 0.3) is 0 Å². The van der Waals surface area contributed by atoms with Crippen molar-refractivity contribution in [1.82, 2.24) is 0 Å². The standard InChI is InChI=1S/C19H22N2O11/c1-10(22)29-9-16(30-11(2)23)17(31-12(3)24)18(32-13(4)25)19(26)20-14-6-5-7-15(8-14)21(27)28/h5-8,16-18H,9H2,1-4H3,(H,20,26)/t16-,17-,18+/m0/s1. The minimum atomic E-state index is -1.87. The third-order valence-electron chi connectivity index (χ3n) is 3.61. The lowest BCUT2D eigenvalue weighted by Crippen LogP contribution is -2.52. The lowest BCUT2D eigenvalue weighted by atomic mass is 10.1. The quantitative estimate of drug-likeness (QED) is 0.230. The van der Waals surface area contributed by atoms with Crippen molar-refractivity contribution in [3.63, 3.8) is 0 Å². The monoisotopic (exact) mass is 454 g/mol. The molecule has 0 fully saturated rings. The van der Waals surface area contributed by atoms with Gasteiger partial charge in [0.05, 0.1) is 4.92 Å². The van der Waals surface area contributed by atoms with Crippen molar-refractivity contribution in [2.45, 2.75) is 46.0 Å². The second-order valence-electron chi connectivity index (χ2n) is 6.35. The van der Waals surface area contributed by atoms with Gasteiger partial charge in [0.25, 0.3) is 11.6 Å². The number of amides is 1. The maximum Gasteiger partial charge on any atom is 0.303 e. The van der Waals surface area contributed by atoms with Crippen molar-refractivity contribution in [2.24, 2.45) is 0 Å². The summed E-state index contributed by atoms with van der Waals surface area (Å²) in [5.74, 6) is -4.54. The van der Waals surface area contributed by atoms with Crippen molar-refractivity contribution < 1.29 is 47.8 Å². The molecule has 0 aliphatic rings. The van der Waals surface area contributed by atoms with E-state index >= 15 is 0 Å². The largest absolute Gasteiger partial charge is 0.462 e. The lowest BCUT2D eigenvalue weighted by molar-refractivity contribution is -0.384. The van der Waals surface area contributed by atoms with Crippen LogP contribution in [-0.4, -0.2) is 59.6 Å². The molecule has 13 heteroatoms. The molecule has 1 amide bonds. The van der Waals surface area contributed by atoms with E-state index in [-0.39, 0.29) is 11.4 Å². The predicted molar refractivity (Wildman–Crippen MR) is 105 cm³/mol. The molecule has 1 rings (SSSR count). The molecule has 0 radical (unpaired) electrons. The molecule has 13 nitrogen and oxygen atoms in total. The minimum absolute atomic E-state index is 0.0213. The molecule has 0 heterocycles. The van der Waals surface area contributed by atoms with E-state index in [1.165, 1.54) is 18.2 Å². The molecule has 0 unspecified atom stereocenters. The van der Waals surface area contributed by atoms with Gasteiger partial charge in [-0.1, -0.05) is 6.07 Å². The first-order valence-electron chi connectivity index (χ1n) is 9.11. The SMILES string of the molecule is CC(=O)OC[C@H](OC(C)=O)[C@H](OC(C)=O)[C@@H](OC(C)=O)C(=O)Nc1cccc([N+](=O)[O-])c1. The molecule has 0 spiro atoms. The number of nitrogens with one attached hydrogen (secondary N) is 1. The van der Waals surface area contributed by atoms with Crippen molar-refractivity contribution in [2.75, 3.05) is 11.9 Å². The highest BCUT2D eigenvalue weighted by Crippen LogP contribution is 2.20. The van der Waals surface area contributed by atoms with Gasteiger partial charge < -0.3 is 24.3 Å². The van der Waals surface area contributed by atoms with Crippen LogP contribution in [0, 0.1) is 10.1 Å². The molecule has 0 saturated heterocycles. The Bertz CT molecular complexity index is 899. The van der Waals surface area contributed by atoms with E-state index < -0.39 is 59.6 Å². The van der Waals surface area contributed by atoms with Crippen molar-refractivity contribution >= 4 is 41.2 Å². The number of nitro benzene ring substituents is 1. The fourth-order valence-electron chi connectivity index (χ4n) is 2.49. The highest BCUT2D eigenvalue weighted by atomic mass is 16.6. The van der Waals surface area contributed by atoms with Gasteiger partial charge in [-0.25, -0.2) is 0 Å². The summed E-state index contributed by atoms with van der Waals surface area (Å²) in [4.78, 5) is 69.1. The Morgan fingerprint density at radius 3 is 2.03 bits per heavy atom. The highest BCUT2D eigenvalue weighted by molar-refractivity contribution is 5.96. The summed E-state index contributed by atoms with van der Waals surface area (Å²) in [7, 11) is 0. The number of non-ortho nitro benzene ring substituents is 1. The zero-order chi connectivity index (χ0) is 24.4. The van der Waals surface area contributed by atoms with Crippen LogP contribution in [0.3, 0.4) is 0 Å². The zero-order valence-corrected chi connectivity index (χ0v) is 17.7. The van der Waals surface area contributed by atoms with E-state index in [0.29, 0.717) is 0 Å². The Kier molecular flexibility index (Phi) is 9.73. The average molecular weight is 454 g/mol. The van der Waals surface area contributed by atoms with E-state index in [4.69, 9.17) is 18.9 Å². The maximum atomic E-state index is 12.9. The van der Waals surface area contributed by atoms with Gasteiger partial charge in [0.2, 0.25) is 6.10 Å². The summed E-state index contributed by atoms with van der Waals surface area (Å²) in [6.45, 7) is 3.45. The third-order valence-corrected chi connectivity index (χ3v) is 3.61. The topological polar surface area (TPSA) is 177 Å². The Hall–Kier alpha value is -4.03. The fraction of sp³-hybridized carbons (Fsp3) is 0.421. The summed E-state index contributed by atoms with van der Waals surface area (Å²) in [5, 5.41) is 13.3. The number of rotatable bonds is 10. The van der Waals surface area contributed by atoms with Crippen LogP contribution in [0.5, 0.6) is 0 Å². The van der Waals surface area contributed by atoms with Crippen LogP contribution in [0.1, 0.15) is 27.7 Å². The van der Waals surface area contributed by atoms with Crippen LogP contribution in [0.15, 0.2) is 24.3 Å². The van der Waals surface area contributed by atoms with Gasteiger partial charge in [-0.05, 0) is 6.07 Å². The zero-order valence-electron chi connectivity index (χ0n) is 17.7. The van der Waals surface area contributed by atoms with E-state index in [2.05, 4.69) is 5.32 Å². The fourth-order valence-corrected chi connectivity index (χ4v) is 2.49. The van der Waals surface area contributed by atoms with Gasteiger partial charge in [-0.2, -0.15) is 0 Å². The van der Waals surface area contributed by atoms with Gasteiger partial charge in [0, 0.05) is 45.5 Å². The molecule has 32 heavy (non-hydrogen) atoms. The third kappa shape index (κ3) is 8.77. The summed E-state index contributed by atoms with van der Waals surface area (Å²) in [6, 6.07) is 4.88. The first-order valence-corrected chi connectivity index (χ1v) is 9.11. The number of carbonyl (C=O) groups is 5. The van der Waals surface area contributed by atoms with Gasteiger partial charge in [0.15, 0.2) is 12.2 Å². The minimum Gasteiger partial charge on any atom is -0.462 e. The number of nitro groups is 1. The van der Waals surface area contributed by atoms with Gasteiger partial charge >= 0.3 is 23.9 Å². The van der Waals surface area contributed by atoms with Gasteiger partial charge in [-0.15, -0.1) is 0 Å². The summed E-state index contributed by atoms with van der Waals surface area (Å²) < 4.78 is 19.9. The molecular formula is C19H22N2O11. The molecule has 3 atom stereocenters. The molecule has 0 aliphatic carbocycles. The molecule has 0 aromatic heterocycles. The molecule has 174 valence electrons. The average Bonchev–Trinajstić information content (AvgIpc) is 2.67. The number of nitrogens with zero attached hydrogens (tertiary/aromatic N) is 1. The number of anilines is 1. The summed E-state index contributed by atoms with van der Waals surface area (Å²) >= 11 is 0. The number of esters is 4. The lowest BCUT2D eigenvalue weighted by Gasteiger charge is -2.30. The maximum absolute atomic E-state index is 12.9. The first-order chi connectivity index (χ1) is 14.9. The number of hydrogen-bond donors (Lipinski definition) is 1. The van der Waals surface area contributed by atoms with Crippen LogP contribution >= 0.6 is 0 Å². The molecule has 1 aromatic carbocycles. The number of ether oxygens (including phenoxy) is 4. The molecule has 1 N–H and O–H groups in total.